The lowest BCUT2D eigenvalue weighted by Gasteiger charge is -2.37. The van der Waals surface area contributed by atoms with Crippen LogP contribution in [0.15, 0.2) is 0 Å². The molecule has 1 saturated heterocycles. The van der Waals surface area contributed by atoms with Crippen LogP contribution in [0.4, 0.5) is 0 Å². The molecule has 2 fully saturated rings. The van der Waals surface area contributed by atoms with Crippen LogP contribution in [-0.4, -0.2) is 35.1 Å². The third-order valence-electron chi connectivity index (χ3n) is 5.21. The molecule has 3 nitrogen and oxygen atoms in total. The molecular formula is C16H29NO2. The van der Waals surface area contributed by atoms with Crippen LogP contribution in [0.2, 0.25) is 0 Å². The number of hydrogen-bond donors (Lipinski definition) is 1. The first-order valence-corrected chi connectivity index (χ1v) is 8.11. The monoisotopic (exact) mass is 267 g/mol. The summed E-state index contributed by atoms with van der Waals surface area (Å²) in [6.45, 7) is 4.15. The Morgan fingerprint density at radius 3 is 2.37 bits per heavy atom. The van der Waals surface area contributed by atoms with Crippen molar-refractivity contribution in [1.82, 2.24) is 4.90 Å². The van der Waals surface area contributed by atoms with Gasteiger partial charge in [0, 0.05) is 12.6 Å². The normalized spacial score (nSPS) is 29.4. The van der Waals surface area contributed by atoms with Crippen molar-refractivity contribution in [2.75, 3.05) is 13.1 Å². The van der Waals surface area contributed by atoms with Gasteiger partial charge in [-0.2, -0.15) is 0 Å². The van der Waals surface area contributed by atoms with E-state index in [2.05, 4.69) is 11.8 Å². The molecule has 1 unspecified atom stereocenters. The second-order valence-corrected chi connectivity index (χ2v) is 6.67. The van der Waals surface area contributed by atoms with Gasteiger partial charge in [-0.15, -0.1) is 0 Å². The Bertz CT molecular complexity index is 295. The van der Waals surface area contributed by atoms with Gasteiger partial charge in [-0.05, 0) is 39.2 Å². The third-order valence-corrected chi connectivity index (χ3v) is 5.21. The first kappa shape index (κ1) is 14.8. The van der Waals surface area contributed by atoms with Crippen LogP contribution in [0.5, 0.6) is 0 Å². The number of aliphatic carboxylic acids is 1. The summed E-state index contributed by atoms with van der Waals surface area (Å²) in [5.74, 6) is -0.550. The van der Waals surface area contributed by atoms with Gasteiger partial charge >= 0.3 is 5.97 Å². The van der Waals surface area contributed by atoms with E-state index in [0.29, 0.717) is 6.04 Å². The largest absolute Gasteiger partial charge is 0.481 e. The van der Waals surface area contributed by atoms with Crippen molar-refractivity contribution < 1.29 is 9.90 Å². The van der Waals surface area contributed by atoms with Crippen LogP contribution >= 0.6 is 0 Å². The maximum atomic E-state index is 11.9. The van der Waals surface area contributed by atoms with E-state index in [1.54, 1.807) is 0 Å². The van der Waals surface area contributed by atoms with E-state index < -0.39 is 11.4 Å². The Labute approximate surface area is 117 Å². The number of carboxylic acids is 1. The molecule has 1 aliphatic heterocycles. The van der Waals surface area contributed by atoms with Gasteiger partial charge in [0.2, 0.25) is 0 Å². The molecule has 0 bridgehead atoms. The second-order valence-electron chi connectivity index (χ2n) is 6.67. The van der Waals surface area contributed by atoms with Gasteiger partial charge in [0.25, 0.3) is 0 Å². The molecule has 2 aliphatic rings. The van der Waals surface area contributed by atoms with Crippen LogP contribution < -0.4 is 0 Å². The van der Waals surface area contributed by atoms with Crippen molar-refractivity contribution >= 4 is 5.97 Å². The zero-order valence-electron chi connectivity index (χ0n) is 12.4. The number of rotatable bonds is 3. The molecule has 0 radical (unpaired) electrons. The Balaban J connectivity index is 2.08. The highest BCUT2D eigenvalue weighted by Crippen LogP contribution is 2.37. The third kappa shape index (κ3) is 3.71. The predicted octanol–water partition coefficient (Wildman–Crippen LogP) is 3.68. The fourth-order valence-electron chi connectivity index (χ4n) is 3.80. The molecule has 0 aromatic heterocycles. The van der Waals surface area contributed by atoms with E-state index in [0.717, 1.165) is 38.8 Å². The Morgan fingerprint density at radius 1 is 1.11 bits per heavy atom. The van der Waals surface area contributed by atoms with Gasteiger partial charge < -0.3 is 5.11 Å². The SMILES string of the molecule is CC1CCCCCN1CC1(C(=O)O)CCCCCC1. The van der Waals surface area contributed by atoms with Crippen LogP contribution in [0.1, 0.15) is 71.1 Å². The lowest BCUT2D eigenvalue weighted by atomic mass is 9.79. The first-order valence-electron chi connectivity index (χ1n) is 8.11. The van der Waals surface area contributed by atoms with Gasteiger partial charge in [-0.1, -0.05) is 38.5 Å². The van der Waals surface area contributed by atoms with Gasteiger partial charge in [0.1, 0.15) is 0 Å². The molecule has 3 heteroatoms. The molecule has 0 spiro atoms. The molecule has 2 rings (SSSR count). The highest BCUT2D eigenvalue weighted by molar-refractivity contribution is 5.75. The topological polar surface area (TPSA) is 40.5 Å². The first-order chi connectivity index (χ1) is 9.14. The van der Waals surface area contributed by atoms with E-state index in [9.17, 15) is 9.90 Å². The van der Waals surface area contributed by atoms with E-state index in [1.165, 1.54) is 38.5 Å². The lowest BCUT2D eigenvalue weighted by molar-refractivity contribution is -0.151. The summed E-state index contributed by atoms with van der Waals surface area (Å²) in [4.78, 5) is 14.3. The number of carboxylic acid groups (broad SMARTS) is 1. The van der Waals surface area contributed by atoms with Crippen LogP contribution in [0.3, 0.4) is 0 Å². The number of likely N-dealkylation sites (tertiary alicyclic amines) is 1. The molecule has 1 saturated carbocycles. The molecule has 110 valence electrons. The summed E-state index contributed by atoms with van der Waals surface area (Å²) in [6, 6.07) is 0.557. The molecule has 0 aromatic rings. The summed E-state index contributed by atoms with van der Waals surface area (Å²) >= 11 is 0. The van der Waals surface area contributed by atoms with Gasteiger partial charge in [0.15, 0.2) is 0 Å². The average molecular weight is 267 g/mol. The minimum atomic E-state index is -0.550. The average Bonchev–Trinajstić information content (AvgIpc) is 2.73. The summed E-state index contributed by atoms with van der Waals surface area (Å²) in [7, 11) is 0. The number of nitrogens with zero attached hydrogens (tertiary/aromatic N) is 1. The molecule has 0 amide bonds. The molecular weight excluding hydrogens is 238 g/mol. The minimum absolute atomic E-state index is 0.463. The fraction of sp³-hybridized carbons (Fsp3) is 0.938. The van der Waals surface area contributed by atoms with Crippen LogP contribution in [-0.2, 0) is 4.79 Å². The number of carbonyl (C=O) groups is 1. The Hall–Kier alpha value is -0.570. The van der Waals surface area contributed by atoms with E-state index in [4.69, 9.17) is 0 Å². The highest BCUT2D eigenvalue weighted by atomic mass is 16.4. The predicted molar refractivity (Wildman–Crippen MR) is 77.3 cm³/mol. The number of hydrogen-bond acceptors (Lipinski definition) is 2. The van der Waals surface area contributed by atoms with Crippen LogP contribution in [0.25, 0.3) is 0 Å². The minimum Gasteiger partial charge on any atom is -0.481 e. The van der Waals surface area contributed by atoms with Crippen molar-refractivity contribution in [3.8, 4) is 0 Å². The summed E-state index contributed by atoms with van der Waals surface area (Å²) < 4.78 is 0. The molecule has 1 N–H and O–H groups in total. The van der Waals surface area contributed by atoms with Crippen LogP contribution in [0, 0.1) is 5.41 Å². The van der Waals surface area contributed by atoms with Crippen molar-refractivity contribution in [2.45, 2.75) is 77.2 Å². The zero-order chi connectivity index (χ0) is 13.7. The summed E-state index contributed by atoms with van der Waals surface area (Å²) in [5.41, 5.74) is -0.463. The standard InChI is InChI=1S/C16H29NO2/c1-14-9-5-4-8-12-17(14)13-16(15(18)19)10-6-2-3-7-11-16/h14H,2-13H2,1H3,(H,18,19). The fourth-order valence-corrected chi connectivity index (χ4v) is 3.80. The lowest BCUT2D eigenvalue weighted by Crippen LogP contribution is -2.46. The Morgan fingerprint density at radius 2 is 1.74 bits per heavy atom. The molecule has 1 atom stereocenters. The van der Waals surface area contributed by atoms with E-state index in [-0.39, 0.29) is 0 Å². The van der Waals surface area contributed by atoms with Gasteiger partial charge in [-0.3, -0.25) is 9.69 Å². The van der Waals surface area contributed by atoms with Crippen molar-refractivity contribution in [3.05, 3.63) is 0 Å². The van der Waals surface area contributed by atoms with Gasteiger partial charge in [-0.25, -0.2) is 0 Å². The molecule has 19 heavy (non-hydrogen) atoms. The smallest absolute Gasteiger partial charge is 0.310 e. The molecule has 1 aliphatic carbocycles. The molecule has 0 aromatic carbocycles. The maximum absolute atomic E-state index is 11.9. The Kier molecular flexibility index (Phi) is 5.26. The van der Waals surface area contributed by atoms with Crippen molar-refractivity contribution in [3.63, 3.8) is 0 Å². The zero-order valence-corrected chi connectivity index (χ0v) is 12.4. The summed E-state index contributed by atoms with van der Waals surface area (Å²) in [5, 5.41) is 9.77. The van der Waals surface area contributed by atoms with Gasteiger partial charge in [0.05, 0.1) is 5.41 Å². The van der Waals surface area contributed by atoms with Crippen molar-refractivity contribution in [2.24, 2.45) is 5.41 Å². The molecule has 1 heterocycles. The van der Waals surface area contributed by atoms with Crippen molar-refractivity contribution in [1.29, 1.82) is 0 Å². The van der Waals surface area contributed by atoms with E-state index in [1.807, 2.05) is 0 Å². The van der Waals surface area contributed by atoms with E-state index >= 15 is 0 Å². The quantitative estimate of drug-likeness (QED) is 0.793. The summed E-state index contributed by atoms with van der Waals surface area (Å²) in [6.07, 6.45) is 11.4. The second kappa shape index (κ2) is 6.74. The highest BCUT2D eigenvalue weighted by Gasteiger charge is 2.40. The maximum Gasteiger partial charge on any atom is 0.310 e.